The van der Waals surface area contributed by atoms with Crippen LogP contribution < -0.4 is 0 Å². The molecule has 0 fully saturated rings. The predicted molar refractivity (Wildman–Crippen MR) is 104 cm³/mol. The van der Waals surface area contributed by atoms with Crippen molar-refractivity contribution in [3.8, 4) is 0 Å². The van der Waals surface area contributed by atoms with Crippen molar-refractivity contribution < 1.29 is 4.79 Å². The summed E-state index contributed by atoms with van der Waals surface area (Å²) in [7, 11) is 0. The van der Waals surface area contributed by atoms with Crippen molar-refractivity contribution in [1.29, 1.82) is 0 Å². The first-order valence-electron chi connectivity index (χ1n) is 8.91. The number of carbonyl (C=O) groups excluding carboxylic acids is 1. The van der Waals surface area contributed by atoms with Gasteiger partial charge in [-0.25, -0.2) is 9.50 Å². The largest absolute Gasteiger partial charge is 0.358 e. The highest BCUT2D eigenvalue weighted by atomic mass is 35.5. The molecular weight excluding hydrogens is 362 g/mol. The number of aromatic amines is 1. The molecule has 0 unspecified atom stereocenters. The molecule has 4 heterocycles. The Morgan fingerprint density at radius 3 is 2.96 bits per heavy atom. The second kappa shape index (κ2) is 5.82. The van der Waals surface area contributed by atoms with E-state index < -0.39 is 0 Å². The van der Waals surface area contributed by atoms with E-state index in [0.29, 0.717) is 29.3 Å². The summed E-state index contributed by atoms with van der Waals surface area (Å²) in [4.78, 5) is 23.1. The van der Waals surface area contributed by atoms with Crippen LogP contribution in [-0.2, 0) is 13.0 Å². The van der Waals surface area contributed by atoms with Crippen molar-refractivity contribution >= 4 is 34.1 Å². The lowest BCUT2D eigenvalue weighted by atomic mass is 10.0. The van der Waals surface area contributed by atoms with Crippen LogP contribution in [0.2, 0.25) is 5.02 Å². The van der Waals surface area contributed by atoms with Crippen LogP contribution in [0.1, 0.15) is 33.0 Å². The number of fused-ring (bicyclic) bond motifs is 4. The van der Waals surface area contributed by atoms with E-state index in [9.17, 15) is 4.79 Å². The molecule has 1 amide bonds. The van der Waals surface area contributed by atoms with Gasteiger partial charge in [-0.05, 0) is 38.1 Å². The van der Waals surface area contributed by atoms with Crippen molar-refractivity contribution in [3.63, 3.8) is 0 Å². The number of hydrogen-bond donors (Lipinski definition) is 1. The molecule has 27 heavy (non-hydrogen) atoms. The van der Waals surface area contributed by atoms with E-state index in [1.54, 1.807) is 10.7 Å². The maximum absolute atomic E-state index is 13.2. The van der Waals surface area contributed by atoms with Gasteiger partial charge in [-0.2, -0.15) is 5.10 Å². The number of aromatic nitrogens is 4. The van der Waals surface area contributed by atoms with Gasteiger partial charge in [0, 0.05) is 58.1 Å². The highest BCUT2D eigenvalue weighted by Gasteiger charge is 2.27. The van der Waals surface area contributed by atoms with E-state index in [4.69, 9.17) is 11.6 Å². The predicted octanol–water partition coefficient (Wildman–Crippen LogP) is 3.68. The lowest BCUT2D eigenvalue weighted by Gasteiger charge is -2.27. The Morgan fingerprint density at radius 1 is 1.26 bits per heavy atom. The fourth-order valence-electron chi connectivity index (χ4n) is 3.95. The SMILES string of the molecule is Cc1cc(C)n2ncc(C(=O)N3CCc4[nH]c5ccc(Cl)cc5c4C3)c2n1. The van der Waals surface area contributed by atoms with E-state index in [1.807, 2.05) is 43.0 Å². The Bertz CT molecular complexity index is 1220. The second-order valence-corrected chi connectivity index (χ2v) is 7.52. The molecule has 0 radical (unpaired) electrons. The molecule has 0 atom stereocenters. The van der Waals surface area contributed by atoms with Crippen molar-refractivity contribution in [2.45, 2.75) is 26.8 Å². The molecule has 7 heteroatoms. The van der Waals surface area contributed by atoms with Crippen molar-refractivity contribution in [3.05, 3.63) is 63.7 Å². The van der Waals surface area contributed by atoms with Gasteiger partial charge in [0.25, 0.3) is 5.91 Å². The van der Waals surface area contributed by atoms with Gasteiger partial charge in [-0.3, -0.25) is 4.79 Å². The Kier molecular flexibility index (Phi) is 3.52. The van der Waals surface area contributed by atoms with Crippen molar-refractivity contribution in [2.75, 3.05) is 6.54 Å². The molecule has 1 aromatic carbocycles. The van der Waals surface area contributed by atoms with Gasteiger partial charge >= 0.3 is 0 Å². The lowest BCUT2D eigenvalue weighted by molar-refractivity contribution is 0.0737. The van der Waals surface area contributed by atoms with Crippen LogP contribution in [0.4, 0.5) is 0 Å². The average Bonchev–Trinajstić information content (AvgIpc) is 3.22. The zero-order chi connectivity index (χ0) is 18.7. The van der Waals surface area contributed by atoms with Crippen LogP contribution in [0, 0.1) is 13.8 Å². The molecule has 5 rings (SSSR count). The monoisotopic (exact) mass is 379 g/mol. The number of aryl methyl sites for hydroxylation is 2. The first kappa shape index (κ1) is 16.3. The lowest BCUT2D eigenvalue weighted by Crippen LogP contribution is -2.35. The zero-order valence-electron chi connectivity index (χ0n) is 15.1. The third kappa shape index (κ3) is 2.51. The first-order chi connectivity index (χ1) is 13.0. The summed E-state index contributed by atoms with van der Waals surface area (Å²) in [5.74, 6) is -0.0375. The number of hydrogen-bond acceptors (Lipinski definition) is 3. The van der Waals surface area contributed by atoms with Gasteiger partial charge in [0.15, 0.2) is 5.65 Å². The van der Waals surface area contributed by atoms with Crippen LogP contribution in [0.5, 0.6) is 0 Å². The zero-order valence-corrected chi connectivity index (χ0v) is 15.8. The van der Waals surface area contributed by atoms with Gasteiger partial charge in [-0.15, -0.1) is 0 Å². The number of nitrogens with one attached hydrogen (secondary N) is 1. The number of benzene rings is 1. The molecular formula is C20H18ClN5O. The Labute approximate surface area is 160 Å². The highest BCUT2D eigenvalue weighted by molar-refractivity contribution is 6.31. The Morgan fingerprint density at radius 2 is 2.11 bits per heavy atom. The summed E-state index contributed by atoms with van der Waals surface area (Å²) >= 11 is 6.18. The molecule has 0 saturated carbocycles. The van der Waals surface area contributed by atoms with Crippen LogP contribution in [-0.4, -0.2) is 36.9 Å². The molecule has 0 aliphatic carbocycles. The average molecular weight is 380 g/mol. The van der Waals surface area contributed by atoms with Crippen LogP contribution >= 0.6 is 11.6 Å². The molecule has 1 aliphatic rings. The number of amides is 1. The fraction of sp³-hybridized carbons (Fsp3) is 0.250. The maximum Gasteiger partial charge on any atom is 0.259 e. The van der Waals surface area contributed by atoms with E-state index in [2.05, 4.69) is 15.1 Å². The molecule has 1 N–H and O–H groups in total. The maximum atomic E-state index is 13.2. The van der Waals surface area contributed by atoms with Crippen LogP contribution in [0.3, 0.4) is 0 Å². The Balaban J connectivity index is 1.54. The normalized spacial score (nSPS) is 14.1. The summed E-state index contributed by atoms with van der Waals surface area (Å²) in [5, 5.41) is 6.14. The molecule has 1 aliphatic heterocycles. The number of nitrogens with zero attached hydrogens (tertiary/aromatic N) is 4. The molecule has 0 saturated heterocycles. The van der Waals surface area contributed by atoms with Crippen molar-refractivity contribution in [1.82, 2.24) is 24.5 Å². The standard InChI is InChI=1S/C20H18ClN5O/c1-11-7-12(2)26-19(23-11)15(9-22-26)20(27)25-6-5-18-16(10-25)14-8-13(21)3-4-17(14)24-18/h3-4,7-9,24H,5-6,10H2,1-2H3. The summed E-state index contributed by atoms with van der Waals surface area (Å²) in [6.07, 6.45) is 2.41. The van der Waals surface area contributed by atoms with E-state index in [-0.39, 0.29) is 5.91 Å². The van der Waals surface area contributed by atoms with E-state index in [0.717, 1.165) is 34.3 Å². The van der Waals surface area contributed by atoms with Gasteiger partial charge in [0.05, 0.1) is 6.20 Å². The third-order valence-electron chi connectivity index (χ3n) is 5.23. The quantitative estimate of drug-likeness (QED) is 0.548. The van der Waals surface area contributed by atoms with Gasteiger partial charge in [0.1, 0.15) is 5.56 Å². The molecule has 3 aromatic heterocycles. The second-order valence-electron chi connectivity index (χ2n) is 7.08. The molecule has 4 aromatic rings. The fourth-order valence-corrected chi connectivity index (χ4v) is 4.12. The van der Waals surface area contributed by atoms with E-state index >= 15 is 0 Å². The van der Waals surface area contributed by atoms with Crippen LogP contribution in [0.25, 0.3) is 16.6 Å². The summed E-state index contributed by atoms with van der Waals surface area (Å²) in [6, 6.07) is 7.79. The minimum atomic E-state index is -0.0375. The molecule has 0 spiro atoms. The molecule has 136 valence electrons. The summed E-state index contributed by atoms with van der Waals surface area (Å²) < 4.78 is 1.72. The van der Waals surface area contributed by atoms with E-state index in [1.165, 1.54) is 5.69 Å². The number of halogens is 1. The molecule has 0 bridgehead atoms. The number of H-pyrrole nitrogens is 1. The third-order valence-corrected chi connectivity index (χ3v) is 5.47. The van der Waals surface area contributed by atoms with Gasteiger partial charge in [0.2, 0.25) is 0 Å². The highest BCUT2D eigenvalue weighted by Crippen LogP contribution is 2.30. The summed E-state index contributed by atoms with van der Waals surface area (Å²) in [5.41, 5.74) is 6.38. The topological polar surface area (TPSA) is 66.3 Å². The number of rotatable bonds is 1. The minimum absolute atomic E-state index is 0.0375. The van der Waals surface area contributed by atoms with Crippen LogP contribution in [0.15, 0.2) is 30.5 Å². The Hall–Kier alpha value is -2.86. The smallest absolute Gasteiger partial charge is 0.259 e. The van der Waals surface area contributed by atoms with Gasteiger partial charge < -0.3 is 9.88 Å². The first-order valence-corrected chi connectivity index (χ1v) is 9.29. The minimum Gasteiger partial charge on any atom is -0.358 e. The molecule has 6 nitrogen and oxygen atoms in total. The number of carbonyl (C=O) groups is 1. The van der Waals surface area contributed by atoms with Crippen molar-refractivity contribution in [2.24, 2.45) is 0 Å². The summed E-state index contributed by atoms with van der Waals surface area (Å²) in [6.45, 7) is 5.11. The van der Waals surface area contributed by atoms with Gasteiger partial charge in [-0.1, -0.05) is 11.6 Å².